The molecule has 0 aliphatic heterocycles. The molecule has 0 saturated carbocycles. The maximum Gasteiger partial charge on any atom is 0.262 e. The number of hydrogen-bond acceptors (Lipinski definition) is 3. The number of carbonyl (C=O) groups excluding carboxylic acids is 1. The van der Waals surface area contributed by atoms with Crippen molar-refractivity contribution in [2.45, 2.75) is 0 Å². The maximum atomic E-state index is 13.5. The minimum absolute atomic E-state index is 0.101. The van der Waals surface area contributed by atoms with E-state index in [2.05, 4.69) is 10.3 Å². The standard InChI is InChI=1S/C17H12F2N2O2/c18-12-6-7-14(13(19)9-12)21-16(22)10-23-15-5-1-3-11-4-2-8-20-17(11)15/h1-9H,10H2,(H,21,22). The molecule has 0 aliphatic carbocycles. The molecule has 6 heteroatoms. The number of halogens is 2. The van der Waals surface area contributed by atoms with Gasteiger partial charge in [-0.25, -0.2) is 8.78 Å². The van der Waals surface area contributed by atoms with Crippen LogP contribution in [0.15, 0.2) is 54.7 Å². The van der Waals surface area contributed by atoms with Crippen molar-refractivity contribution in [1.29, 1.82) is 0 Å². The van der Waals surface area contributed by atoms with Gasteiger partial charge < -0.3 is 10.1 Å². The van der Waals surface area contributed by atoms with Crippen LogP contribution in [0.25, 0.3) is 10.9 Å². The molecule has 1 aromatic heterocycles. The lowest BCUT2D eigenvalue weighted by Crippen LogP contribution is -2.21. The van der Waals surface area contributed by atoms with E-state index in [0.717, 1.165) is 17.5 Å². The lowest BCUT2D eigenvalue weighted by atomic mass is 10.2. The summed E-state index contributed by atoms with van der Waals surface area (Å²) in [5, 5.41) is 3.21. The summed E-state index contributed by atoms with van der Waals surface area (Å²) in [6, 6.07) is 12.0. The normalized spacial score (nSPS) is 10.5. The number of rotatable bonds is 4. The fourth-order valence-corrected chi connectivity index (χ4v) is 2.11. The third-order valence-corrected chi connectivity index (χ3v) is 3.16. The van der Waals surface area contributed by atoms with Gasteiger partial charge in [-0.05, 0) is 24.3 Å². The highest BCUT2D eigenvalue weighted by molar-refractivity contribution is 5.92. The van der Waals surface area contributed by atoms with Gasteiger partial charge >= 0.3 is 0 Å². The van der Waals surface area contributed by atoms with Gasteiger partial charge in [0.15, 0.2) is 6.61 Å². The first-order valence-electron chi connectivity index (χ1n) is 6.85. The summed E-state index contributed by atoms with van der Waals surface area (Å²) in [5.74, 6) is -1.65. The average molecular weight is 314 g/mol. The lowest BCUT2D eigenvalue weighted by molar-refractivity contribution is -0.118. The summed E-state index contributed by atoms with van der Waals surface area (Å²) in [7, 11) is 0. The van der Waals surface area contributed by atoms with Crippen molar-refractivity contribution in [3.8, 4) is 5.75 Å². The second-order valence-electron chi connectivity index (χ2n) is 4.79. The Morgan fingerprint density at radius 1 is 1.13 bits per heavy atom. The molecule has 0 bridgehead atoms. The number of para-hydroxylation sites is 1. The third kappa shape index (κ3) is 3.42. The number of nitrogens with zero attached hydrogens (tertiary/aromatic N) is 1. The summed E-state index contributed by atoms with van der Waals surface area (Å²) < 4.78 is 31.7. The molecule has 4 nitrogen and oxygen atoms in total. The van der Waals surface area contributed by atoms with Gasteiger partial charge in [-0.15, -0.1) is 0 Å². The van der Waals surface area contributed by atoms with Crippen LogP contribution in [0.3, 0.4) is 0 Å². The molecule has 3 rings (SSSR count). The summed E-state index contributed by atoms with van der Waals surface area (Å²) in [6.07, 6.45) is 1.63. The molecule has 0 atom stereocenters. The zero-order valence-corrected chi connectivity index (χ0v) is 11.9. The summed E-state index contributed by atoms with van der Waals surface area (Å²) >= 11 is 0. The van der Waals surface area contributed by atoms with Gasteiger partial charge in [0.1, 0.15) is 22.9 Å². The van der Waals surface area contributed by atoms with Gasteiger partial charge in [-0.1, -0.05) is 18.2 Å². The number of anilines is 1. The van der Waals surface area contributed by atoms with Crippen LogP contribution in [0.2, 0.25) is 0 Å². The Bertz CT molecular complexity index is 863. The van der Waals surface area contributed by atoms with Crippen molar-refractivity contribution in [2.24, 2.45) is 0 Å². The maximum absolute atomic E-state index is 13.5. The number of carbonyl (C=O) groups is 1. The molecule has 0 fully saturated rings. The Balaban J connectivity index is 1.69. The molecule has 116 valence electrons. The monoisotopic (exact) mass is 314 g/mol. The highest BCUT2D eigenvalue weighted by atomic mass is 19.1. The highest BCUT2D eigenvalue weighted by Crippen LogP contribution is 2.23. The van der Waals surface area contributed by atoms with Gasteiger partial charge in [0.2, 0.25) is 0 Å². The van der Waals surface area contributed by atoms with Crippen molar-refractivity contribution in [3.05, 3.63) is 66.4 Å². The molecule has 1 amide bonds. The van der Waals surface area contributed by atoms with Crippen molar-refractivity contribution in [1.82, 2.24) is 4.98 Å². The first-order valence-corrected chi connectivity index (χ1v) is 6.85. The van der Waals surface area contributed by atoms with Gasteiger partial charge in [0.25, 0.3) is 5.91 Å². The predicted molar refractivity (Wildman–Crippen MR) is 82.2 cm³/mol. The van der Waals surface area contributed by atoms with E-state index in [9.17, 15) is 13.6 Å². The Morgan fingerprint density at radius 2 is 1.96 bits per heavy atom. The van der Waals surface area contributed by atoms with Gasteiger partial charge in [0.05, 0.1) is 5.69 Å². The van der Waals surface area contributed by atoms with E-state index < -0.39 is 17.5 Å². The summed E-state index contributed by atoms with van der Waals surface area (Å²) in [6.45, 7) is -0.313. The third-order valence-electron chi connectivity index (χ3n) is 3.16. The van der Waals surface area contributed by atoms with Crippen molar-refractivity contribution >= 4 is 22.5 Å². The van der Waals surface area contributed by atoms with Crippen LogP contribution >= 0.6 is 0 Å². The van der Waals surface area contributed by atoms with Gasteiger partial charge in [0, 0.05) is 17.6 Å². The van der Waals surface area contributed by atoms with Crippen molar-refractivity contribution in [2.75, 3.05) is 11.9 Å². The Hall–Kier alpha value is -3.02. The molecule has 3 aromatic rings. The van der Waals surface area contributed by atoms with E-state index in [4.69, 9.17) is 4.74 Å². The second kappa shape index (κ2) is 6.39. The molecule has 1 N–H and O–H groups in total. The minimum Gasteiger partial charge on any atom is -0.481 e. The molecule has 23 heavy (non-hydrogen) atoms. The molecule has 0 saturated heterocycles. The molecule has 0 unspecified atom stereocenters. The minimum atomic E-state index is -0.842. The number of amides is 1. The fourth-order valence-electron chi connectivity index (χ4n) is 2.11. The Morgan fingerprint density at radius 3 is 2.78 bits per heavy atom. The molecular weight excluding hydrogens is 302 g/mol. The quantitative estimate of drug-likeness (QED) is 0.801. The first-order chi connectivity index (χ1) is 11.1. The SMILES string of the molecule is O=C(COc1cccc2cccnc12)Nc1ccc(F)cc1F. The molecule has 0 aliphatic rings. The van der Waals surface area contributed by atoms with Crippen molar-refractivity contribution in [3.63, 3.8) is 0 Å². The van der Waals surface area contributed by atoms with E-state index in [1.54, 1.807) is 24.4 Å². The summed E-state index contributed by atoms with van der Waals surface area (Å²) in [5.41, 5.74) is 0.534. The van der Waals surface area contributed by atoms with Crippen LogP contribution in [0.1, 0.15) is 0 Å². The average Bonchev–Trinajstić information content (AvgIpc) is 2.55. The van der Waals surface area contributed by atoms with Crippen LogP contribution in [-0.4, -0.2) is 17.5 Å². The largest absolute Gasteiger partial charge is 0.481 e. The highest BCUT2D eigenvalue weighted by Gasteiger charge is 2.10. The number of fused-ring (bicyclic) bond motifs is 1. The molecular formula is C17H12F2N2O2. The van der Waals surface area contributed by atoms with Crippen LogP contribution in [0.5, 0.6) is 5.75 Å². The number of hydrogen-bond donors (Lipinski definition) is 1. The number of ether oxygens (including phenoxy) is 1. The molecule has 0 spiro atoms. The zero-order valence-electron chi connectivity index (χ0n) is 11.9. The van der Waals surface area contributed by atoms with E-state index >= 15 is 0 Å². The van der Waals surface area contributed by atoms with E-state index in [1.165, 1.54) is 0 Å². The van der Waals surface area contributed by atoms with Crippen LogP contribution in [0.4, 0.5) is 14.5 Å². The molecule has 1 heterocycles. The van der Waals surface area contributed by atoms with E-state index in [-0.39, 0.29) is 12.3 Å². The number of nitrogens with one attached hydrogen (secondary N) is 1. The Labute approximate surface area is 130 Å². The summed E-state index contributed by atoms with van der Waals surface area (Å²) in [4.78, 5) is 16.1. The molecule has 0 radical (unpaired) electrons. The Kier molecular flexibility index (Phi) is 4.14. The predicted octanol–water partition coefficient (Wildman–Crippen LogP) is 3.53. The van der Waals surface area contributed by atoms with Gasteiger partial charge in [-0.3, -0.25) is 9.78 Å². The van der Waals surface area contributed by atoms with Crippen LogP contribution in [0, 0.1) is 11.6 Å². The smallest absolute Gasteiger partial charge is 0.262 e. The second-order valence-corrected chi connectivity index (χ2v) is 4.79. The number of benzene rings is 2. The van der Waals surface area contributed by atoms with Crippen LogP contribution < -0.4 is 10.1 Å². The van der Waals surface area contributed by atoms with Gasteiger partial charge in [-0.2, -0.15) is 0 Å². The lowest BCUT2D eigenvalue weighted by Gasteiger charge is -2.09. The van der Waals surface area contributed by atoms with E-state index in [0.29, 0.717) is 17.3 Å². The topological polar surface area (TPSA) is 51.2 Å². The van der Waals surface area contributed by atoms with E-state index in [1.807, 2.05) is 12.1 Å². The molecule has 2 aromatic carbocycles. The zero-order chi connectivity index (χ0) is 16.2. The van der Waals surface area contributed by atoms with Crippen LogP contribution in [-0.2, 0) is 4.79 Å². The number of pyridine rings is 1. The van der Waals surface area contributed by atoms with Crippen molar-refractivity contribution < 1.29 is 18.3 Å². The number of aromatic nitrogens is 1. The fraction of sp³-hybridized carbons (Fsp3) is 0.0588. The first kappa shape index (κ1) is 14.9.